The van der Waals surface area contributed by atoms with E-state index in [9.17, 15) is 13.2 Å². The maximum atomic E-state index is 12.0. The number of hydrogen-bond donors (Lipinski definition) is 0. The zero-order valence-corrected chi connectivity index (χ0v) is 11.8. The predicted octanol–water partition coefficient (Wildman–Crippen LogP) is 1.14. The average Bonchev–Trinajstić information content (AvgIpc) is 2.35. The van der Waals surface area contributed by atoms with Crippen molar-refractivity contribution >= 4 is 15.7 Å². The van der Waals surface area contributed by atoms with Crippen LogP contribution in [0.3, 0.4) is 0 Å². The van der Waals surface area contributed by atoms with Crippen LogP contribution in [-0.2, 0) is 14.6 Å². The van der Waals surface area contributed by atoms with Gasteiger partial charge in [0.25, 0.3) is 0 Å². The van der Waals surface area contributed by atoms with Crippen molar-refractivity contribution in [1.29, 1.82) is 5.26 Å². The van der Waals surface area contributed by atoms with E-state index in [-0.39, 0.29) is 17.9 Å². The van der Waals surface area contributed by atoms with E-state index in [0.717, 1.165) is 5.56 Å². The minimum Gasteiger partial charge on any atom is -0.344 e. The Bertz CT molecular complexity index is 585. The molecule has 1 aromatic carbocycles. The molecule has 0 spiro atoms. The summed E-state index contributed by atoms with van der Waals surface area (Å²) in [6.07, 6.45) is 0.187. The molecule has 19 heavy (non-hydrogen) atoms. The number of sulfone groups is 1. The van der Waals surface area contributed by atoms with Crippen molar-refractivity contribution in [1.82, 2.24) is 4.90 Å². The number of hydrogen-bond acceptors (Lipinski definition) is 4. The number of amides is 1. The fourth-order valence-electron chi connectivity index (χ4n) is 1.44. The molecule has 0 aliphatic heterocycles. The van der Waals surface area contributed by atoms with Crippen molar-refractivity contribution < 1.29 is 13.2 Å². The molecule has 0 unspecified atom stereocenters. The predicted molar refractivity (Wildman–Crippen MR) is 71.1 cm³/mol. The molecule has 0 heterocycles. The highest BCUT2D eigenvalue weighted by molar-refractivity contribution is 7.92. The van der Waals surface area contributed by atoms with Crippen LogP contribution in [0.2, 0.25) is 0 Å². The number of nitriles is 1. The molecule has 1 aromatic rings. The van der Waals surface area contributed by atoms with Crippen molar-refractivity contribution in [3.63, 3.8) is 0 Å². The highest BCUT2D eigenvalue weighted by Crippen LogP contribution is 2.12. The number of carbonyl (C=O) groups is 1. The van der Waals surface area contributed by atoms with Crippen LogP contribution in [0.5, 0.6) is 0 Å². The fraction of sp³-hybridized carbons (Fsp3) is 0.385. The summed E-state index contributed by atoms with van der Waals surface area (Å²) in [4.78, 5) is 13.1. The van der Waals surface area contributed by atoms with Crippen molar-refractivity contribution in [3.8, 4) is 6.07 Å². The Morgan fingerprint density at radius 3 is 2.42 bits per heavy atom. The van der Waals surface area contributed by atoms with E-state index in [4.69, 9.17) is 5.26 Å². The first-order chi connectivity index (χ1) is 8.86. The first-order valence-corrected chi connectivity index (χ1v) is 7.42. The number of carbonyl (C=O) groups excluding carboxylic acids is 1. The normalized spacial score (nSPS) is 10.8. The standard InChI is InChI=1S/C13H16N2O3S/c1-11-4-6-12(7-5-11)19(17,18)10-13(16)15(2)9-3-8-14/h4-7H,3,9-10H2,1-2H3. The van der Waals surface area contributed by atoms with Crippen LogP contribution in [0, 0.1) is 18.3 Å². The molecule has 1 amide bonds. The molecule has 5 nitrogen and oxygen atoms in total. The Morgan fingerprint density at radius 1 is 1.32 bits per heavy atom. The van der Waals surface area contributed by atoms with Gasteiger partial charge in [0.1, 0.15) is 5.75 Å². The summed E-state index contributed by atoms with van der Waals surface area (Å²) in [5.41, 5.74) is 0.955. The van der Waals surface area contributed by atoms with Gasteiger partial charge in [-0.25, -0.2) is 8.42 Å². The van der Waals surface area contributed by atoms with Crippen LogP contribution in [0.4, 0.5) is 0 Å². The monoisotopic (exact) mass is 280 g/mol. The lowest BCUT2D eigenvalue weighted by Crippen LogP contribution is -2.33. The Labute approximate surface area is 113 Å². The van der Waals surface area contributed by atoms with Crippen molar-refractivity contribution in [2.75, 3.05) is 19.3 Å². The van der Waals surface area contributed by atoms with Gasteiger partial charge in [-0.1, -0.05) is 17.7 Å². The second-order valence-corrected chi connectivity index (χ2v) is 6.29. The number of rotatable bonds is 5. The van der Waals surface area contributed by atoms with Crippen LogP contribution in [0.15, 0.2) is 29.2 Å². The third-order valence-corrected chi connectivity index (χ3v) is 4.30. The number of aryl methyl sites for hydroxylation is 1. The molecule has 0 aliphatic carbocycles. The van der Waals surface area contributed by atoms with Gasteiger partial charge < -0.3 is 4.90 Å². The minimum atomic E-state index is -3.62. The van der Waals surface area contributed by atoms with E-state index in [1.165, 1.54) is 24.1 Å². The summed E-state index contributed by atoms with van der Waals surface area (Å²) >= 11 is 0. The topological polar surface area (TPSA) is 78.2 Å². The molecule has 0 bridgehead atoms. The van der Waals surface area contributed by atoms with Crippen LogP contribution >= 0.6 is 0 Å². The van der Waals surface area contributed by atoms with Crippen molar-refractivity contribution in [3.05, 3.63) is 29.8 Å². The van der Waals surface area contributed by atoms with Crippen LogP contribution in [0.25, 0.3) is 0 Å². The van der Waals surface area contributed by atoms with Gasteiger partial charge in [0, 0.05) is 13.6 Å². The molecule has 102 valence electrons. The van der Waals surface area contributed by atoms with Crippen LogP contribution in [0.1, 0.15) is 12.0 Å². The van der Waals surface area contributed by atoms with E-state index in [2.05, 4.69) is 0 Å². The van der Waals surface area contributed by atoms with E-state index in [1.807, 2.05) is 13.0 Å². The lowest BCUT2D eigenvalue weighted by molar-refractivity contribution is -0.127. The van der Waals surface area contributed by atoms with Gasteiger partial charge >= 0.3 is 0 Å². The lowest BCUT2D eigenvalue weighted by atomic mass is 10.2. The molecule has 0 saturated heterocycles. The number of benzene rings is 1. The first kappa shape index (κ1) is 15.2. The molecule has 0 fully saturated rings. The van der Waals surface area contributed by atoms with E-state index in [0.29, 0.717) is 0 Å². The molecule has 0 radical (unpaired) electrons. The summed E-state index contributed by atoms with van der Waals surface area (Å²) in [5, 5.41) is 8.43. The van der Waals surface area contributed by atoms with Gasteiger partial charge in [-0.2, -0.15) is 5.26 Å². The molecule has 6 heteroatoms. The summed E-state index contributed by atoms with van der Waals surface area (Å²) in [5.74, 6) is -1.08. The fourth-order valence-corrected chi connectivity index (χ4v) is 2.71. The Hall–Kier alpha value is -1.87. The summed E-state index contributed by atoms with van der Waals surface area (Å²) < 4.78 is 24.0. The Kier molecular flexibility index (Phi) is 5.07. The summed E-state index contributed by atoms with van der Waals surface area (Å²) in [7, 11) is -2.13. The lowest BCUT2D eigenvalue weighted by Gasteiger charge is -2.15. The van der Waals surface area contributed by atoms with E-state index >= 15 is 0 Å². The van der Waals surface area contributed by atoms with E-state index < -0.39 is 21.5 Å². The molecule has 0 saturated carbocycles. The average molecular weight is 280 g/mol. The van der Waals surface area contributed by atoms with Gasteiger partial charge in [0.15, 0.2) is 9.84 Å². The SMILES string of the molecule is Cc1ccc(S(=O)(=O)CC(=O)N(C)CCC#N)cc1. The third-order valence-electron chi connectivity index (χ3n) is 2.68. The van der Waals surface area contributed by atoms with Gasteiger partial charge in [-0.05, 0) is 19.1 Å². The van der Waals surface area contributed by atoms with E-state index in [1.54, 1.807) is 12.1 Å². The molecule has 0 aromatic heterocycles. The largest absolute Gasteiger partial charge is 0.344 e. The smallest absolute Gasteiger partial charge is 0.237 e. The molecule has 0 atom stereocenters. The van der Waals surface area contributed by atoms with Crippen LogP contribution < -0.4 is 0 Å². The summed E-state index contributed by atoms with van der Waals surface area (Å²) in [6, 6.07) is 8.28. The van der Waals surface area contributed by atoms with Gasteiger partial charge in [0.2, 0.25) is 5.91 Å². The summed E-state index contributed by atoms with van der Waals surface area (Å²) in [6.45, 7) is 2.09. The molecule has 0 aliphatic rings. The maximum absolute atomic E-state index is 12.0. The van der Waals surface area contributed by atoms with Crippen molar-refractivity contribution in [2.24, 2.45) is 0 Å². The highest BCUT2D eigenvalue weighted by atomic mass is 32.2. The zero-order chi connectivity index (χ0) is 14.5. The first-order valence-electron chi connectivity index (χ1n) is 5.77. The molecular formula is C13H16N2O3S. The maximum Gasteiger partial charge on any atom is 0.237 e. The highest BCUT2D eigenvalue weighted by Gasteiger charge is 2.21. The van der Waals surface area contributed by atoms with Gasteiger partial charge in [-0.3, -0.25) is 4.79 Å². The van der Waals surface area contributed by atoms with Gasteiger partial charge in [-0.15, -0.1) is 0 Å². The molecular weight excluding hydrogens is 264 g/mol. The second-order valence-electron chi connectivity index (χ2n) is 4.30. The van der Waals surface area contributed by atoms with Crippen molar-refractivity contribution in [2.45, 2.75) is 18.2 Å². The quantitative estimate of drug-likeness (QED) is 0.810. The van der Waals surface area contributed by atoms with Crippen LogP contribution in [-0.4, -0.2) is 38.6 Å². The Balaban J connectivity index is 2.78. The third kappa shape index (κ3) is 4.38. The second kappa shape index (κ2) is 6.34. The molecule has 0 N–H and O–H groups in total. The Morgan fingerprint density at radius 2 is 1.89 bits per heavy atom. The zero-order valence-electron chi connectivity index (χ0n) is 11.0. The van der Waals surface area contributed by atoms with Gasteiger partial charge in [0.05, 0.1) is 17.4 Å². The molecule has 1 rings (SSSR count). The minimum absolute atomic E-state index is 0.139. The number of nitrogens with zero attached hydrogens (tertiary/aromatic N) is 2.